The van der Waals surface area contributed by atoms with Crippen LogP contribution in [0, 0.1) is 0 Å². The minimum absolute atomic E-state index is 0.534. The maximum Gasteiger partial charge on any atom is 0.142 e. The Labute approximate surface area is 145 Å². The second kappa shape index (κ2) is 5.70. The van der Waals surface area contributed by atoms with Gasteiger partial charge >= 0.3 is 0 Å². The molecule has 0 aliphatic carbocycles. The summed E-state index contributed by atoms with van der Waals surface area (Å²) in [6.07, 6.45) is 0. The zero-order chi connectivity index (χ0) is 15.1. The average Bonchev–Trinajstić information content (AvgIpc) is 3.22. The van der Waals surface area contributed by atoms with Gasteiger partial charge in [0.25, 0.3) is 0 Å². The molecule has 0 spiro atoms. The summed E-state index contributed by atoms with van der Waals surface area (Å²) in [7, 11) is 0. The van der Waals surface area contributed by atoms with Gasteiger partial charge in [-0.3, -0.25) is 0 Å². The first-order valence-corrected chi connectivity index (χ1v) is 9.25. The fourth-order valence-corrected chi connectivity index (χ4v) is 4.07. The van der Waals surface area contributed by atoms with E-state index in [-0.39, 0.29) is 0 Å². The molecule has 0 unspecified atom stereocenters. The van der Waals surface area contributed by atoms with Gasteiger partial charge < -0.3 is 4.57 Å². The second-order valence-corrected chi connectivity index (χ2v) is 7.29. The van der Waals surface area contributed by atoms with E-state index in [0.717, 1.165) is 29.0 Å². The molecule has 110 valence electrons. The van der Waals surface area contributed by atoms with Crippen LogP contribution >= 0.6 is 45.9 Å². The summed E-state index contributed by atoms with van der Waals surface area (Å²) in [6, 6.07) is 7.94. The van der Waals surface area contributed by atoms with Gasteiger partial charge in [-0.2, -0.15) is 22.7 Å². The van der Waals surface area contributed by atoms with Gasteiger partial charge in [-0.15, -0.1) is 0 Å². The van der Waals surface area contributed by atoms with Crippen molar-refractivity contribution in [1.82, 2.24) is 9.55 Å². The molecular weight excluding hydrogens is 355 g/mol. The van der Waals surface area contributed by atoms with Gasteiger partial charge in [0.2, 0.25) is 0 Å². The Kier molecular flexibility index (Phi) is 3.70. The summed E-state index contributed by atoms with van der Waals surface area (Å²) < 4.78 is 2.20. The fourth-order valence-electron chi connectivity index (χ4n) is 2.46. The highest BCUT2D eigenvalue weighted by molar-refractivity contribution is 7.08. The van der Waals surface area contributed by atoms with Gasteiger partial charge in [-0.05, 0) is 46.0 Å². The molecule has 0 radical (unpaired) electrons. The third-order valence-corrected chi connectivity index (χ3v) is 5.63. The van der Waals surface area contributed by atoms with E-state index in [1.807, 2.05) is 12.1 Å². The van der Waals surface area contributed by atoms with Crippen molar-refractivity contribution in [3.05, 3.63) is 61.4 Å². The molecule has 0 bridgehead atoms. The third kappa shape index (κ3) is 2.46. The molecule has 3 heterocycles. The molecule has 0 aliphatic heterocycles. The standard InChI is InChI=1S/C16H10Cl2N2S2/c17-12-5-14-15(6-13(12)18)20(7-10-1-3-21-8-10)16(19-14)11-2-4-22-9-11/h1-6,8-9H,7H2. The van der Waals surface area contributed by atoms with Gasteiger partial charge in [0.05, 0.1) is 27.6 Å². The summed E-state index contributed by atoms with van der Waals surface area (Å²) in [5.74, 6) is 0.945. The van der Waals surface area contributed by atoms with E-state index in [2.05, 4.69) is 38.2 Å². The summed E-state index contributed by atoms with van der Waals surface area (Å²) in [5.41, 5.74) is 4.24. The lowest BCUT2D eigenvalue weighted by molar-refractivity contribution is 0.838. The van der Waals surface area contributed by atoms with Crippen LogP contribution in [-0.4, -0.2) is 9.55 Å². The van der Waals surface area contributed by atoms with E-state index in [4.69, 9.17) is 28.2 Å². The van der Waals surface area contributed by atoms with E-state index in [9.17, 15) is 0 Å². The minimum atomic E-state index is 0.534. The lowest BCUT2D eigenvalue weighted by Gasteiger charge is -2.07. The smallest absolute Gasteiger partial charge is 0.142 e. The van der Waals surface area contributed by atoms with E-state index in [1.165, 1.54) is 5.56 Å². The Hall–Kier alpha value is -1.33. The van der Waals surface area contributed by atoms with Crippen LogP contribution < -0.4 is 0 Å². The molecule has 3 aromatic heterocycles. The maximum absolute atomic E-state index is 6.21. The minimum Gasteiger partial charge on any atom is -0.319 e. The summed E-state index contributed by atoms with van der Waals surface area (Å²) in [6.45, 7) is 0.767. The lowest BCUT2D eigenvalue weighted by atomic mass is 10.2. The highest BCUT2D eigenvalue weighted by Crippen LogP contribution is 2.32. The van der Waals surface area contributed by atoms with E-state index in [0.29, 0.717) is 10.0 Å². The van der Waals surface area contributed by atoms with Crippen LogP contribution in [0.4, 0.5) is 0 Å². The molecule has 4 rings (SSSR count). The van der Waals surface area contributed by atoms with Crippen LogP contribution in [0.5, 0.6) is 0 Å². The van der Waals surface area contributed by atoms with Crippen LogP contribution in [0.25, 0.3) is 22.4 Å². The number of imidazole rings is 1. The molecule has 0 amide bonds. The first kappa shape index (κ1) is 14.3. The molecule has 1 aromatic carbocycles. The Bertz CT molecular complexity index is 925. The molecule has 0 atom stereocenters. The van der Waals surface area contributed by atoms with Crippen molar-refractivity contribution in [2.75, 3.05) is 0 Å². The van der Waals surface area contributed by atoms with Gasteiger partial charge in [-0.1, -0.05) is 23.2 Å². The highest BCUT2D eigenvalue weighted by Gasteiger charge is 2.15. The van der Waals surface area contributed by atoms with Crippen molar-refractivity contribution in [3.8, 4) is 11.4 Å². The SMILES string of the molecule is Clc1cc2nc(-c3ccsc3)n(Cc3ccsc3)c2cc1Cl. The number of benzene rings is 1. The number of thiophene rings is 2. The van der Waals surface area contributed by atoms with Crippen molar-refractivity contribution in [3.63, 3.8) is 0 Å². The first-order chi connectivity index (χ1) is 10.7. The predicted octanol–water partition coefficient (Wildman–Crippen LogP) is 6.18. The number of aromatic nitrogens is 2. The van der Waals surface area contributed by atoms with Crippen molar-refractivity contribution in [2.24, 2.45) is 0 Å². The number of nitrogens with zero attached hydrogens (tertiary/aromatic N) is 2. The van der Waals surface area contributed by atoms with Gasteiger partial charge in [0.15, 0.2) is 0 Å². The quantitative estimate of drug-likeness (QED) is 0.424. The van der Waals surface area contributed by atoms with Gasteiger partial charge in [0.1, 0.15) is 5.82 Å². The molecule has 2 nitrogen and oxygen atoms in total. The molecular formula is C16H10Cl2N2S2. The molecule has 6 heteroatoms. The monoisotopic (exact) mass is 364 g/mol. The van der Waals surface area contributed by atoms with Crippen LogP contribution in [0.2, 0.25) is 10.0 Å². The first-order valence-electron chi connectivity index (χ1n) is 6.61. The molecule has 0 aliphatic rings. The van der Waals surface area contributed by atoms with Crippen LogP contribution in [0.3, 0.4) is 0 Å². The molecule has 0 N–H and O–H groups in total. The Morgan fingerprint density at radius 1 is 1.00 bits per heavy atom. The van der Waals surface area contributed by atoms with Gasteiger partial charge in [0, 0.05) is 10.9 Å². The van der Waals surface area contributed by atoms with Crippen LogP contribution in [-0.2, 0) is 6.54 Å². The molecule has 4 aromatic rings. The van der Waals surface area contributed by atoms with Crippen molar-refractivity contribution < 1.29 is 0 Å². The van der Waals surface area contributed by atoms with Crippen molar-refractivity contribution >= 4 is 56.9 Å². The normalized spacial score (nSPS) is 11.4. The fraction of sp³-hybridized carbons (Fsp3) is 0.0625. The van der Waals surface area contributed by atoms with Crippen molar-refractivity contribution in [2.45, 2.75) is 6.54 Å². The number of halogens is 2. The van der Waals surface area contributed by atoms with E-state index >= 15 is 0 Å². The molecule has 0 saturated heterocycles. The summed E-state index contributed by atoms with van der Waals surface area (Å²) >= 11 is 15.7. The number of hydrogen-bond acceptors (Lipinski definition) is 3. The molecule has 22 heavy (non-hydrogen) atoms. The van der Waals surface area contributed by atoms with Crippen molar-refractivity contribution in [1.29, 1.82) is 0 Å². The average molecular weight is 365 g/mol. The zero-order valence-electron chi connectivity index (χ0n) is 11.3. The predicted molar refractivity (Wildman–Crippen MR) is 96.5 cm³/mol. The highest BCUT2D eigenvalue weighted by atomic mass is 35.5. The Morgan fingerprint density at radius 2 is 1.77 bits per heavy atom. The third-order valence-electron chi connectivity index (χ3n) is 3.49. The topological polar surface area (TPSA) is 17.8 Å². The van der Waals surface area contributed by atoms with E-state index in [1.54, 1.807) is 22.7 Å². The largest absolute Gasteiger partial charge is 0.319 e. The number of fused-ring (bicyclic) bond motifs is 1. The Balaban J connectivity index is 1.96. The second-order valence-electron chi connectivity index (χ2n) is 4.92. The molecule has 0 fully saturated rings. The van der Waals surface area contributed by atoms with Crippen LogP contribution in [0.1, 0.15) is 5.56 Å². The lowest BCUT2D eigenvalue weighted by Crippen LogP contribution is -2.00. The maximum atomic E-state index is 6.21. The summed E-state index contributed by atoms with van der Waals surface area (Å²) in [4.78, 5) is 4.77. The van der Waals surface area contributed by atoms with Crippen LogP contribution in [0.15, 0.2) is 45.8 Å². The number of rotatable bonds is 3. The zero-order valence-corrected chi connectivity index (χ0v) is 14.4. The van der Waals surface area contributed by atoms with E-state index < -0.39 is 0 Å². The summed E-state index contributed by atoms with van der Waals surface area (Å²) in [5, 5.41) is 9.49. The van der Waals surface area contributed by atoms with Gasteiger partial charge in [-0.25, -0.2) is 4.98 Å². The Morgan fingerprint density at radius 3 is 2.50 bits per heavy atom. The number of hydrogen-bond donors (Lipinski definition) is 0. The molecule has 0 saturated carbocycles.